The van der Waals surface area contributed by atoms with Crippen LogP contribution in [0.1, 0.15) is 6.92 Å². The number of aliphatic hydroxyl groups excluding tert-OH is 1. The minimum Gasteiger partial charge on any atom is -0.395 e. The molecule has 0 spiro atoms. The minimum absolute atomic E-state index is 0.00949. The first-order valence-electron chi connectivity index (χ1n) is 11.7. The Labute approximate surface area is 214 Å². The van der Waals surface area contributed by atoms with Gasteiger partial charge in [0.25, 0.3) is 0 Å². The summed E-state index contributed by atoms with van der Waals surface area (Å²) in [6.07, 6.45) is 1.07. The molecule has 3 aromatic rings. The second-order valence-electron chi connectivity index (χ2n) is 8.65. The third kappa shape index (κ3) is 6.40. The van der Waals surface area contributed by atoms with E-state index < -0.39 is 21.7 Å². The molecule has 1 atom stereocenters. The van der Waals surface area contributed by atoms with Gasteiger partial charge in [-0.3, -0.25) is 0 Å². The molecule has 2 amide bonds. The van der Waals surface area contributed by atoms with E-state index in [2.05, 4.69) is 15.6 Å². The van der Waals surface area contributed by atoms with Crippen LogP contribution in [-0.2, 0) is 14.6 Å². The highest BCUT2D eigenvalue weighted by Gasteiger charge is 2.24. The number of nitrogens with zero attached hydrogens (tertiary/aromatic N) is 3. The Bertz CT molecular complexity index is 1380. The van der Waals surface area contributed by atoms with Crippen molar-refractivity contribution < 1.29 is 27.4 Å². The van der Waals surface area contributed by atoms with Gasteiger partial charge in [0.15, 0.2) is 15.7 Å². The van der Waals surface area contributed by atoms with E-state index in [0.29, 0.717) is 42.7 Å². The number of carbonyl (C=O) groups is 1. The summed E-state index contributed by atoms with van der Waals surface area (Å²) in [5, 5.41) is 14.0. The van der Waals surface area contributed by atoms with Crippen LogP contribution >= 0.6 is 0 Å². The van der Waals surface area contributed by atoms with Crippen LogP contribution in [-0.4, -0.2) is 74.7 Å². The number of ether oxygens (including phenoxy) is 1. The molecule has 196 valence electrons. The van der Waals surface area contributed by atoms with Crippen molar-refractivity contribution in [2.75, 3.05) is 49.4 Å². The number of morpholine rings is 1. The lowest BCUT2D eigenvalue weighted by Gasteiger charge is -2.34. The number of aliphatic hydroxyl groups is 1. The molecule has 0 saturated carbocycles. The predicted octanol–water partition coefficient (Wildman–Crippen LogP) is 2.69. The number of rotatable bonds is 7. The van der Waals surface area contributed by atoms with Crippen molar-refractivity contribution >= 4 is 27.4 Å². The maximum atomic E-state index is 14.3. The Hall–Kier alpha value is -3.61. The molecular formula is C25H28FN5O5S. The first-order chi connectivity index (χ1) is 17.7. The van der Waals surface area contributed by atoms with Crippen LogP contribution in [0.5, 0.6) is 0 Å². The average Bonchev–Trinajstić information content (AvgIpc) is 2.87. The zero-order valence-electron chi connectivity index (χ0n) is 20.4. The van der Waals surface area contributed by atoms with Crippen molar-refractivity contribution in [2.45, 2.75) is 17.9 Å². The van der Waals surface area contributed by atoms with Gasteiger partial charge < -0.3 is 25.4 Å². The van der Waals surface area contributed by atoms with Crippen LogP contribution < -0.4 is 15.5 Å². The summed E-state index contributed by atoms with van der Waals surface area (Å²) in [5.74, 6) is 0.287. The third-order valence-electron chi connectivity index (χ3n) is 5.79. The van der Waals surface area contributed by atoms with Crippen molar-refractivity contribution in [3.05, 3.63) is 54.3 Å². The molecule has 0 aliphatic carbocycles. The lowest BCUT2D eigenvalue weighted by molar-refractivity contribution is 0.0985. The fourth-order valence-corrected chi connectivity index (χ4v) is 4.87. The Morgan fingerprint density at radius 1 is 1.19 bits per heavy atom. The molecule has 1 aliphatic heterocycles. The van der Waals surface area contributed by atoms with E-state index >= 15 is 0 Å². The van der Waals surface area contributed by atoms with Crippen molar-refractivity contribution in [3.63, 3.8) is 0 Å². The molecule has 10 nitrogen and oxygen atoms in total. The lowest BCUT2D eigenvalue weighted by atomic mass is 10.1. The molecule has 1 fully saturated rings. The van der Waals surface area contributed by atoms with Crippen LogP contribution in [0.15, 0.2) is 53.4 Å². The molecular weight excluding hydrogens is 501 g/mol. The Morgan fingerprint density at radius 3 is 2.62 bits per heavy atom. The van der Waals surface area contributed by atoms with Crippen LogP contribution in [0.2, 0.25) is 0 Å². The summed E-state index contributed by atoms with van der Waals surface area (Å²) >= 11 is 0. The summed E-state index contributed by atoms with van der Waals surface area (Å²) in [7, 11) is -3.67. The number of aromatic nitrogens is 2. The summed E-state index contributed by atoms with van der Waals surface area (Å²) < 4.78 is 44.8. The van der Waals surface area contributed by atoms with Crippen LogP contribution in [0.25, 0.3) is 22.6 Å². The molecule has 1 aliphatic rings. The van der Waals surface area contributed by atoms with Gasteiger partial charge in [-0.15, -0.1) is 0 Å². The Balaban J connectivity index is 1.78. The number of hydrogen-bond acceptors (Lipinski definition) is 8. The number of sulfone groups is 1. The normalized spacial score (nSPS) is 15.9. The summed E-state index contributed by atoms with van der Waals surface area (Å²) in [5.41, 5.74) is 1.54. The quantitative estimate of drug-likeness (QED) is 0.398. The van der Waals surface area contributed by atoms with Gasteiger partial charge >= 0.3 is 6.03 Å². The molecule has 1 saturated heterocycles. The monoisotopic (exact) mass is 529 g/mol. The van der Waals surface area contributed by atoms with E-state index in [0.717, 1.165) is 18.4 Å². The van der Waals surface area contributed by atoms with Gasteiger partial charge in [0, 0.05) is 42.2 Å². The number of halogens is 1. The molecule has 2 aromatic carbocycles. The zero-order valence-corrected chi connectivity index (χ0v) is 21.3. The number of urea groups is 1. The van der Waals surface area contributed by atoms with Crippen molar-refractivity contribution in [1.82, 2.24) is 15.3 Å². The molecule has 37 heavy (non-hydrogen) atoms. The molecule has 12 heteroatoms. The van der Waals surface area contributed by atoms with Gasteiger partial charge in [0.05, 0.1) is 36.5 Å². The standard InChI is InChI=1S/C25H28FN5O5S/c1-16-15-36-12-10-31(16)23-14-21(20-13-18(26)5-8-22(20)37(2,34)35)29-24(30-23)17-3-6-19(7-4-17)28-25(33)27-9-11-32/h3-8,13-14,16,32H,9-12,15H2,1-2H3,(H2,27,28,33). The second kappa shape index (κ2) is 11.2. The van der Waals surface area contributed by atoms with E-state index in [4.69, 9.17) is 14.8 Å². The van der Waals surface area contributed by atoms with Gasteiger partial charge in [0.2, 0.25) is 0 Å². The molecule has 1 aromatic heterocycles. The molecule has 3 N–H and O–H groups in total. The maximum absolute atomic E-state index is 14.3. The van der Waals surface area contributed by atoms with E-state index in [1.54, 1.807) is 30.3 Å². The molecule has 4 rings (SSSR count). The highest BCUT2D eigenvalue weighted by atomic mass is 32.2. The minimum atomic E-state index is -3.67. The zero-order chi connectivity index (χ0) is 26.6. The smallest absolute Gasteiger partial charge is 0.319 e. The Morgan fingerprint density at radius 2 is 1.95 bits per heavy atom. The fraction of sp³-hybridized carbons (Fsp3) is 0.320. The predicted molar refractivity (Wildman–Crippen MR) is 138 cm³/mol. The van der Waals surface area contributed by atoms with Gasteiger partial charge in [-0.25, -0.2) is 27.6 Å². The van der Waals surface area contributed by atoms with Gasteiger partial charge in [-0.05, 0) is 49.4 Å². The highest BCUT2D eigenvalue weighted by Crippen LogP contribution is 2.32. The second-order valence-corrected chi connectivity index (χ2v) is 10.6. The molecule has 2 heterocycles. The number of nitrogens with one attached hydrogen (secondary N) is 2. The van der Waals surface area contributed by atoms with E-state index in [-0.39, 0.29) is 35.3 Å². The topological polar surface area (TPSA) is 134 Å². The summed E-state index contributed by atoms with van der Waals surface area (Å²) in [4.78, 5) is 23.2. The summed E-state index contributed by atoms with van der Waals surface area (Å²) in [6.45, 7) is 3.53. The number of carbonyl (C=O) groups excluding carboxylic acids is 1. The molecule has 0 radical (unpaired) electrons. The van der Waals surface area contributed by atoms with E-state index in [9.17, 15) is 17.6 Å². The van der Waals surface area contributed by atoms with Gasteiger partial charge in [-0.1, -0.05) is 0 Å². The van der Waals surface area contributed by atoms with Crippen molar-refractivity contribution in [3.8, 4) is 22.6 Å². The average molecular weight is 530 g/mol. The summed E-state index contributed by atoms with van der Waals surface area (Å²) in [6, 6.07) is 11.5. The van der Waals surface area contributed by atoms with E-state index in [1.165, 1.54) is 6.07 Å². The van der Waals surface area contributed by atoms with Crippen LogP contribution in [0.3, 0.4) is 0 Å². The fourth-order valence-electron chi connectivity index (χ4n) is 3.99. The largest absolute Gasteiger partial charge is 0.395 e. The van der Waals surface area contributed by atoms with Crippen molar-refractivity contribution in [1.29, 1.82) is 0 Å². The van der Waals surface area contributed by atoms with Crippen LogP contribution in [0, 0.1) is 5.82 Å². The number of hydrogen-bond donors (Lipinski definition) is 3. The van der Waals surface area contributed by atoms with Crippen LogP contribution in [0.4, 0.5) is 20.7 Å². The number of benzene rings is 2. The Kier molecular flexibility index (Phi) is 8.00. The van der Waals surface area contributed by atoms with Gasteiger partial charge in [-0.2, -0.15) is 0 Å². The molecule has 0 bridgehead atoms. The third-order valence-corrected chi connectivity index (χ3v) is 6.94. The lowest BCUT2D eigenvalue weighted by Crippen LogP contribution is -2.44. The highest BCUT2D eigenvalue weighted by molar-refractivity contribution is 7.90. The first kappa shape index (κ1) is 26.5. The van der Waals surface area contributed by atoms with Gasteiger partial charge in [0.1, 0.15) is 11.6 Å². The van der Waals surface area contributed by atoms with Crippen molar-refractivity contribution in [2.24, 2.45) is 0 Å². The number of anilines is 2. The maximum Gasteiger partial charge on any atom is 0.319 e. The SMILES string of the molecule is CC1COCCN1c1cc(-c2cc(F)ccc2S(C)(=O)=O)nc(-c2ccc(NC(=O)NCCO)cc2)n1. The van der Waals surface area contributed by atoms with E-state index in [1.807, 2.05) is 11.8 Å². The number of amides is 2. The first-order valence-corrected chi connectivity index (χ1v) is 13.5. The molecule has 1 unspecified atom stereocenters.